The molecule has 0 saturated heterocycles. The molecular weight excluding hydrogens is 679 g/mol. The number of aliphatic carboxylic acids is 1. The highest BCUT2D eigenvalue weighted by molar-refractivity contribution is 14.1. The molecule has 0 bridgehead atoms. The Balaban J connectivity index is 1.69. The molecule has 2 amide bonds. The molecule has 5 N–H and O–H groups in total. The molecule has 14 nitrogen and oxygen atoms in total. The normalized spacial score (nSPS) is 15.3. The predicted molar refractivity (Wildman–Crippen MR) is 162 cm³/mol. The number of urea groups is 1. The first-order valence-corrected chi connectivity index (χ1v) is 14.2. The first kappa shape index (κ1) is 33.3. The molecule has 2 aromatic carbocycles. The summed E-state index contributed by atoms with van der Waals surface area (Å²) in [5.74, 6) is -0.355. The van der Waals surface area contributed by atoms with Crippen LogP contribution >= 0.6 is 22.6 Å². The van der Waals surface area contributed by atoms with Gasteiger partial charge in [0.15, 0.2) is 35.8 Å². The van der Waals surface area contributed by atoms with Gasteiger partial charge in [0.1, 0.15) is 6.61 Å². The molecule has 1 aliphatic rings. The van der Waals surface area contributed by atoms with Gasteiger partial charge >= 0.3 is 18.0 Å². The molecule has 0 spiro atoms. The number of hydrogen-bond acceptors (Lipinski definition) is 11. The molecule has 0 aromatic heterocycles. The topological polar surface area (TPSA) is 186 Å². The second-order valence-corrected chi connectivity index (χ2v) is 10.0. The molecule has 0 fully saturated rings. The van der Waals surface area contributed by atoms with Gasteiger partial charge in [-0.3, -0.25) is 5.43 Å². The first-order chi connectivity index (χ1) is 20.6. The summed E-state index contributed by atoms with van der Waals surface area (Å²) in [7, 11) is 1.26. The number of carboxylic acids is 1. The Labute approximate surface area is 261 Å². The van der Waals surface area contributed by atoms with E-state index < -0.39 is 36.8 Å². The Morgan fingerprint density at radius 3 is 2.49 bits per heavy atom. The summed E-state index contributed by atoms with van der Waals surface area (Å²) in [6.45, 7) is 5.14. The molecule has 0 saturated carbocycles. The first-order valence-electron chi connectivity index (χ1n) is 13.1. The SMILES string of the molecule is CCOc1cc([C@@H]2NC(=O)NC(C)=C2C(=O)OC)ccc1OC[C@H](O)N/N=C\c1cc(I)c(OCC(=O)O)c(OCC)c1. The zero-order chi connectivity index (χ0) is 31.5. The molecule has 0 aliphatic carbocycles. The van der Waals surface area contributed by atoms with Crippen LogP contribution in [0.25, 0.3) is 0 Å². The van der Waals surface area contributed by atoms with Crippen molar-refractivity contribution in [2.75, 3.05) is 33.5 Å². The zero-order valence-corrected chi connectivity index (χ0v) is 26.1. The van der Waals surface area contributed by atoms with Gasteiger partial charge in [-0.25, -0.2) is 14.4 Å². The van der Waals surface area contributed by atoms with E-state index in [1.54, 1.807) is 51.1 Å². The number of carbonyl (C=O) groups excluding carboxylic acids is 2. The molecule has 1 heterocycles. The number of carboxylic acid groups (broad SMARTS) is 1. The third-order valence-electron chi connectivity index (χ3n) is 5.78. The van der Waals surface area contributed by atoms with Gasteiger partial charge in [0.05, 0.1) is 41.7 Å². The quantitative estimate of drug-likeness (QED) is 0.0601. The Kier molecular flexibility index (Phi) is 12.2. The van der Waals surface area contributed by atoms with Crippen molar-refractivity contribution < 1.29 is 48.3 Å². The van der Waals surface area contributed by atoms with Crippen molar-refractivity contribution >= 4 is 46.8 Å². The van der Waals surface area contributed by atoms with Crippen LogP contribution < -0.4 is 35.0 Å². The number of ether oxygens (including phenoxy) is 5. The zero-order valence-electron chi connectivity index (χ0n) is 23.9. The Morgan fingerprint density at radius 1 is 1.09 bits per heavy atom. The largest absolute Gasteiger partial charge is 0.490 e. The number of aliphatic hydroxyl groups excluding tert-OH is 1. The monoisotopic (exact) mass is 712 g/mol. The average molecular weight is 712 g/mol. The molecule has 0 radical (unpaired) electrons. The molecule has 232 valence electrons. The lowest BCUT2D eigenvalue weighted by Gasteiger charge is -2.28. The van der Waals surface area contributed by atoms with E-state index in [0.717, 1.165) is 0 Å². The number of amides is 2. The average Bonchev–Trinajstić information content (AvgIpc) is 2.95. The lowest BCUT2D eigenvalue weighted by atomic mass is 9.95. The van der Waals surface area contributed by atoms with Gasteiger partial charge in [-0.1, -0.05) is 6.07 Å². The van der Waals surface area contributed by atoms with Gasteiger partial charge in [-0.2, -0.15) is 5.10 Å². The van der Waals surface area contributed by atoms with Crippen LogP contribution in [0.5, 0.6) is 23.0 Å². The van der Waals surface area contributed by atoms with Crippen LogP contribution in [0.3, 0.4) is 0 Å². The van der Waals surface area contributed by atoms with Gasteiger partial charge in [0.2, 0.25) is 0 Å². The third-order valence-corrected chi connectivity index (χ3v) is 6.58. The minimum atomic E-state index is -1.20. The van der Waals surface area contributed by atoms with Gasteiger partial charge in [0.25, 0.3) is 0 Å². The summed E-state index contributed by atoms with van der Waals surface area (Å²) < 4.78 is 27.9. The van der Waals surface area contributed by atoms with E-state index >= 15 is 0 Å². The summed E-state index contributed by atoms with van der Waals surface area (Å²) in [4.78, 5) is 35.4. The molecule has 2 aromatic rings. The Morgan fingerprint density at radius 2 is 1.81 bits per heavy atom. The number of nitrogens with one attached hydrogen (secondary N) is 3. The molecule has 3 rings (SSSR count). The fourth-order valence-corrected chi connectivity index (χ4v) is 4.80. The van der Waals surface area contributed by atoms with Crippen molar-refractivity contribution in [3.05, 3.63) is 56.3 Å². The van der Waals surface area contributed by atoms with E-state index in [-0.39, 0.29) is 12.2 Å². The fraction of sp³-hybridized carbons (Fsp3) is 0.357. The van der Waals surface area contributed by atoms with E-state index in [4.69, 9.17) is 28.8 Å². The van der Waals surface area contributed by atoms with Crippen molar-refractivity contribution in [3.8, 4) is 23.0 Å². The summed E-state index contributed by atoms with van der Waals surface area (Å²) in [5, 5.41) is 28.7. The van der Waals surface area contributed by atoms with Crippen LogP contribution in [0, 0.1) is 3.57 Å². The maximum atomic E-state index is 12.4. The maximum absolute atomic E-state index is 12.4. The summed E-state index contributed by atoms with van der Waals surface area (Å²) in [6, 6.07) is 7.04. The Bertz CT molecular complexity index is 1400. The van der Waals surface area contributed by atoms with E-state index in [2.05, 4.69) is 21.2 Å². The van der Waals surface area contributed by atoms with Gasteiger partial charge in [-0.15, -0.1) is 0 Å². The Hall–Kier alpha value is -4.25. The van der Waals surface area contributed by atoms with Gasteiger partial charge in [0, 0.05) is 5.70 Å². The van der Waals surface area contributed by atoms with Crippen LogP contribution in [-0.2, 0) is 14.3 Å². The van der Waals surface area contributed by atoms with E-state index in [9.17, 15) is 19.5 Å². The highest BCUT2D eigenvalue weighted by Crippen LogP contribution is 2.35. The minimum Gasteiger partial charge on any atom is -0.490 e. The molecule has 1 aliphatic heterocycles. The number of hydrogen-bond donors (Lipinski definition) is 5. The highest BCUT2D eigenvalue weighted by Gasteiger charge is 2.32. The lowest BCUT2D eigenvalue weighted by molar-refractivity contribution is -0.139. The second-order valence-electron chi connectivity index (χ2n) is 8.86. The van der Waals surface area contributed by atoms with Crippen LogP contribution in [-0.4, -0.2) is 74.2 Å². The van der Waals surface area contributed by atoms with Crippen molar-refractivity contribution in [2.45, 2.75) is 33.0 Å². The minimum absolute atomic E-state index is 0.197. The van der Waals surface area contributed by atoms with Gasteiger partial charge in [-0.05, 0) is 78.8 Å². The molecule has 43 heavy (non-hydrogen) atoms. The maximum Gasteiger partial charge on any atom is 0.341 e. The standard InChI is InChI=1S/C28H33IN4O10/c1-5-40-20-11-17(25-24(27(37)39-4)15(3)31-28(38)32-25)7-8-19(20)42-13-22(34)33-30-12-16-9-18(29)26(43-14-23(35)36)21(10-16)41-6-2/h7-12,22,25,33-34H,5-6,13-14H2,1-4H3,(H,35,36)(H2,31,32,38)/b30-12-/t22-,25-/m0/s1. The fourth-order valence-electron chi connectivity index (χ4n) is 4.02. The number of benzene rings is 2. The van der Waals surface area contributed by atoms with E-state index in [1.807, 2.05) is 22.6 Å². The number of rotatable bonds is 15. The second kappa shape index (κ2) is 15.8. The van der Waals surface area contributed by atoms with E-state index in [0.29, 0.717) is 56.6 Å². The van der Waals surface area contributed by atoms with Gasteiger partial charge < -0.3 is 44.5 Å². The van der Waals surface area contributed by atoms with Crippen LogP contribution in [0.15, 0.2) is 46.7 Å². The van der Waals surface area contributed by atoms with Crippen molar-refractivity contribution in [1.82, 2.24) is 16.1 Å². The van der Waals surface area contributed by atoms with Crippen LogP contribution in [0.1, 0.15) is 37.9 Å². The summed E-state index contributed by atoms with van der Waals surface area (Å²) in [6.07, 6.45) is 0.256. The van der Waals surface area contributed by atoms with Crippen molar-refractivity contribution in [1.29, 1.82) is 0 Å². The van der Waals surface area contributed by atoms with Crippen LogP contribution in [0.2, 0.25) is 0 Å². The molecule has 0 unspecified atom stereocenters. The predicted octanol–water partition coefficient (Wildman–Crippen LogP) is 2.67. The smallest absolute Gasteiger partial charge is 0.341 e. The third kappa shape index (κ3) is 9.12. The van der Waals surface area contributed by atoms with Crippen molar-refractivity contribution in [3.63, 3.8) is 0 Å². The highest BCUT2D eigenvalue weighted by atomic mass is 127. The lowest BCUT2D eigenvalue weighted by Crippen LogP contribution is -2.45. The molecular formula is C28H33IN4O10. The van der Waals surface area contributed by atoms with Crippen LogP contribution in [0.4, 0.5) is 4.79 Å². The number of hydrazone groups is 1. The molecule has 15 heteroatoms. The number of aliphatic hydroxyl groups is 1. The number of esters is 1. The number of carbonyl (C=O) groups is 3. The number of allylic oxidation sites excluding steroid dienone is 1. The van der Waals surface area contributed by atoms with E-state index in [1.165, 1.54) is 13.3 Å². The number of methoxy groups -OCH3 is 1. The summed E-state index contributed by atoms with van der Waals surface area (Å²) >= 11 is 2.01. The number of nitrogens with zero attached hydrogens (tertiary/aromatic N) is 1. The van der Waals surface area contributed by atoms with Crippen molar-refractivity contribution in [2.24, 2.45) is 5.10 Å². The number of halogens is 1. The summed E-state index contributed by atoms with van der Waals surface area (Å²) in [5.41, 5.74) is 4.38. The molecule has 2 atom stereocenters.